The van der Waals surface area contributed by atoms with Crippen molar-refractivity contribution in [2.75, 3.05) is 34.4 Å². The van der Waals surface area contributed by atoms with E-state index in [4.69, 9.17) is 4.74 Å². The molecule has 0 fully saturated rings. The van der Waals surface area contributed by atoms with Gasteiger partial charge in [-0.2, -0.15) is 0 Å². The first-order valence-corrected chi connectivity index (χ1v) is 7.12. The fourth-order valence-corrected chi connectivity index (χ4v) is 2.58. The molecule has 20 heavy (non-hydrogen) atoms. The first kappa shape index (κ1) is 17.1. The van der Waals surface area contributed by atoms with Crippen LogP contribution >= 0.6 is 0 Å². The van der Waals surface area contributed by atoms with Crippen molar-refractivity contribution < 1.29 is 9.13 Å². The minimum absolute atomic E-state index is 0.00777. The van der Waals surface area contributed by atoms with Gasteiger partial charge >= 0.3 is 0 Å². The summed E-state index contributed by atoms with van der Waals surface area (Å²) in [6, 6.07) is 7.33. The van der Waals surface area contributed by atoms with E-state index in [0.29, 0.717) is 18.6 Å². The first-order valence-electron chi connectivity index (χ1n) is 7.12. The van der Waals surface area contributed by atoms with Crippen molar-refractivity contribution in [2.24, 2.45) is 5.92 Å². The summed E-state index contributed by atoms with van der Waals surface area (Å²) in [5.41, 5.74) is 0.732. The van der Waals surface area contributed by atoms with Gasteiger partial charge in [-0.05, 0) is 33.0 Å². The van der Waals surface area contributed by atoms with Gasteiger partial charge in [-0.25, -0.2) is 4.39 Å². The predicted octanol–water partition coefficient (Wildman–Crippen LogP) is 2.69. The maximum atomic E-state index is 13.9. The summed E-state index contributed by atoms with van der Waals surface area (Å²) in [5.74, 6) is 0.146. The average molecular weight is 282 g/mol. The molecule has 3 unspecified atom stereocenters. The highest BCUT2D eigenvalue weighted by Crippen LogP contribution is 2.24. The van der Waals surface area contributed by atoms with E-state index in [9.17, 15) is 4.39 Å². The third kappa shape index (κ3) is 4.54. The number of nitrogens with zero attached hydrogens (tertiary/aromatic N) is 1. The Bertz CT molecular complexity index is 400. The maximum absolute atomic E-state index is 13.9. The molecule has 3 atom stereocenters. The van der Waals surface area contributed by atoms with Gasteiger partial charge in [0.25, 0.3) is 0 Å². The summed E-state index contributed by atoms with van der Waals surface area (Å²) in [4.78, 5) is 2.25. The Morgan fingerprint density at radius 2 is 1.95 bits per heavy atom. The molecule has 1 rings (SSSR count). The molecule has 0 aliphatic carbocycles. The van der Waals surface area contributed by atoms with Crippen molar-refractivity contribution in [1.82, 2.24) is 10.2 Å². The zero-order valence-corrected chi connectivity index (χ0v) is 13.2. The molecule has 1 aromatic rings. The van der Waals surface area contributed by atoms with Crippen LogP contribution in [-0.2, 0) is 4.74 Å². The van der Waals surface area contributed by atoms with Gasteiger partial charge in [0.1, 0.15) is 5.82 Å². The molecule has 114 valence electrons. The minimum Gasteiger partial charge on any atom is -0.383 e. The third-order valence-corrected chi connectivity index (χ3v) is 3.86. The van der Waals surface area contributed by atoms with Crippen LogP contribution in [0.2, 0.25) is 0 Å². The zero-order chi connectivity index (χ0) is 15.1. The van der Waals surface area contributed by atoms with Crippen molar-refractivity contribution >= 4 is 0 Å². The molecule has 0 saturated carbocycles. The normalized spacial score (nSPS) is 16.1. The highest BCUT2D eigenvalue weighted by atomic mass is 19.1. The van der Waals surface area contributed by atoms with Crippen molar-refractivity contribution in [2.45, 2.75) is 25.9 Å². The van der Waals surface area contributed by atoms with Crippen LogP contribution in [-0.4, -0.2) is 45.3 Å². The molecular formula is C16H27FN2O. The van der Waals surface area contributed by atoms with E-state index in [1.165, 1.54) is 6.07 Å². The van der Waals surface area contributed by atoms with Gasteiger partial charge in [0.2, 0.25) is 0 Å². The topological polar surface area (TPSA) is 24.5 Å². The minimum atomic E-state index is -0.147. The molecular weight excluding hydrogens is 255 g/mol. The summed E-state index contributed by atoms with van der Waals surface area (Å²) in [6.45, 7) is 5.86. The molecule has 0 saturated heterocycles. The molecule has 1 aromatic carbocycles. The van der Waals surface area contributed by atoms with Gasteiger partial charge in [0, 0.05) is 31.3 Å². The highest BCUT2D eigenvalue weighted by Gasteiger charge is 2.23. The maximum Gasteiger partial charge on any atom is 0.127 e. The SMILES string of the molecule is CNC(c1ccccc1F)C(C)CN(C)C(C)COC. The van der Waals surface area contributed by atoms with Gasteiger partial charge in [0.15, 0.2) is 0 Å². The van der Waals surface area contributed by atoms with Crippen LogP contribution in [0.1, 0.15) is 25.5 Å². The number of nitrogens with one attached hydrogen (secondary N) is 1. The zero-order valence-electron chi connectivity index (χ0n) is 13.2. The monoisotopic (exact) mass is 282 g/mol. The highest BCUT2D eigenvalue weighted by molar-refractivity contribution is 5.21. The number of ether oxygens (including phenoxy) is 1. The molecule has 0 amide bonds. The number of rotatable bonds is 8. The van der Waals surface area contributed by atoms with E-state index < -0.39 is 0 Å². The predicted molar refractivity (Wildman–Crippen MR) is 81.3 cm³/mol. The number of hydrogen-bond donors (Lipinski definition) is 1. The average Bonchev–Trinajstić information content (AvgIpc) is 2.42. The molecule has 1 N–H and O–H groups in total. The van der Waals surface area contributed by atoms with Gasteiger partial charge in [-0.3, -0.25) is 0 Å². The molecule has 0 aromatic heterocycles. The number of methoxy groups -OCH3 is 1. The Morgan fingerprint density at radius 1 is 1.30 bits per heavy atom. The second kappa shape index (κ2) is 8.35. The van der Waals surface area contributed by atoms with E-state index in [-0.39, 0.29) is 11.9 Å². The van der Waals surface area contributed by atoms with Crippen LogP contribution in [0.15, 0.2) is 24.3 Å². The Labute approximate surface area is 122 Å². The lowest BCUT2D eigenvalue weighted by Gasteiger charge is -2.31. The molecule has 0 spiro atoms. The molecule has 0 heterocycles. The Hall–Kier alpha value is -0.970. The van der Waals surface area contributed by atoms with E-state index in [0.717, 1.165) is 12.1 Å². The summed E-state index contributed by atoms with van der Waals surface area (Å²) in [7, 11) is 5.67. The van der Waals surface area contributed by atoms with Crippen LogP contribution in [0, 0.1) is 11.7 Å². The molecule has 0 aliphatic rings. The summed E-state index contributed by atoms with van der Waals surface area (Å²) in [6.07, 6.45) is 0. The van der Waals surface area contributed by atoms with E-state index in [1.54, 1.807) is 13.2 Å². The van der Waals surface area contributed by atoms with Crippen molar-refractivity contribution in [3.8, 4) is 0 Å². The quantitative estimate of drug-likeness (QED) is 0.793. The smallest absolute Gasteiger partial charge is 0.127 e. The lowest BCUT2D eigenvalue weighted by molar-refractivity contribution is 0.102. The number of halogens is 1. The van der Waals surface area contributed by atoms with Crippen molar-refractivity contribution in [3.05, 3.63) is 35.6 Å². The lowest BCUT2D eigenvalue weighted by atomic mass is 9.93. The van der Waals surface area contributed by atoms with Crippen LogP contribution in [0.25, 0.3) is 0 Å². The molecule has 0 bridgehead atoms. The molecule has 3 nitrogen and oxygen atoms in total. The van der Waals surface area contributed by atoms with Crippen LogP contribution in [0.3, 0.4) is 0 Å². The van der Waals surface area contributed by atoms with E-state index >= 15 is 0 Å². The fourth-order valence-electron chi connectivity index (χ4n) is 2.58. The van der Waals surface area contributed by atoms with Crippen molar-refractivity contribution in [1.29, 1.82) is 0 Å². The first-order chi connectivity index (χ1) is 9.51. The number of likely N-dealkylation sites (N-methyl/N-ethyl adjacent to an activating group) is 1. The molecule has 0 radical (unpaired) electrons. The standard InChI is InChI=1S/C16H27FN2O/c1-12(10-19(4)13(2)11-20-5)16(18-3)14-8-6-7-9-15(14)17/h6-9,12-13,16,18H,10-11H2,1-5H3. The van der Waals surface area contributed by atoms with Crippen LogP contribution in [0.4, 0.5) is 4.39 Å². The van der Waals surface area contributed by atoms with Gasteiger partial charge in [-0.15, -0.1) is 0 Å². The number of benzene rings is 1. The lowest BCUT2D eigenvalue weighted by Crippen LogP contribution is -2.39. The molecule has 4 heteroatoms. The fraction of sp³-hybridized carbons (Fsp3) is 0.625. The Balaban J connectivity index is 2.73. The van der Waals surface area contributed by atoms with Crippen LogP contribution in [0.5, 0.6) is 0 Å². The second-order valence-corrected chi connectivity index (χ2v) is 5.51. The summed E-state index contributed by atoms with van der Waals surface area (Å²) < 4.78 is 19.1. The number of hydrogen-bond acceptors (Lipinski definition) is 3. The van der Waals surface area contributed by atoms with Crippen molar-refractivity contribution in [3.63, 3.8) is 0 Å². The van der Waals surface area contributed by atoms with Gasteiger partial charge in [0.05, 0.1) is 6.61 Å². The molecule has 0 aliphatic heterocycles. The van der Waals surface area contributed by atoms with Gasteiger partial charge in [-0.1, -0.05) is 25.1 Å². The largest absolute Gasteiger partial charge is 0.383 e. The van der Waals surface area contributed by atoms with E-state index in [2.05, 4.69) is 31.1 Å². The third-order valence-electron chi connectivity index (χ3n) is 3.86. The Morgan fingerprint density at radius 3 is 2.50 bits per heavy atom. The Kier molecular flexibility index (Phi) is 7.13. The second-order valence-electron chi connectivity index (χ2n) is 5.51. The van der Waals surface area contributed by atoms with Crippen LogP contribution < -0.4 is 5.32 Å². The summed E-state index contributed by atoms with van der Waals surface area (Å²) >= 11 is 0. The van der Waals surface area contributed by atoms with E-state index in [1.807, 2.05) is 19.2 Å². The van der Waals surface area contributed by atoms with Gasteiger partial charge < -0.3 is 15.0 Å². The summed E-state index contributed by atoms with van der Waals surface area (Å²) in [5, 5.41) is 3.24.